The van der Waals surface area contributed by atoms with Crippen LogP contribution in [0.5, 0.6) is 0 Å². The Bertz CT molecular complexity index is 265. The van der Waals surface area contributed by atoms with Gasteiger partial charge in [-0.25, -0.2) is 0 Å². The van der Waals surface area contributed by atoms with E-state index in [-0.39, 0.29) is 11.2 Å². The smallest absolute Gasteiger partial charge is 0.234 e. The first kappa shape index (κ1) is 14.6. The monoisotopic (exact) mass is 260 g/mol. The highest BCUT2D eigenvalue weighted by molar-refractivity contribution is 7.84. The van der Waals surface area contributed by atoms with Crippen LogP contribution < -0.4 is 10.6 Å². The van der Waals surface area contributed by atoms with Gasteiger partial charge in [0, 0.05) is 34.9 Å². The molecule has 0 bridgehead atoms. The van der Waals surface area contributed by atoms with Gasteiger partial charge in [-0.05, 0) is 19.8 Å². The Morgan fingerprint density at radius 2 is 2.00 bits per heavy atom. The van der Waals surface area contributed by atoms with Crippen molar-refractivity contribution in [3.63, 3.8) is 0 Å². The highest BCUT2D eigenvalue weighted by atomic mass is 32.2. The molecule has 0 aliphatic heterocycles. The summed E-state index contributed by atoms with van der Waals surface area (Å²) in [7, 11) is -0.825. The maximum absolute atomic E-state index is 11.6. The molecular weight excluding hydrogens is 236 g/mol. The fourth-order valence-electron chi connectivity index (χ4n) is 2.03. The first-order valence-corrected chi connectivity index (χ1v) is 8.04. The van der Waals surface area contributed by atoms with Crippen LogP contribution in [0.15, 0.2) is 0 Å². The van der Waals surface area contributed by atoms with Crippen LogP contribution >= 0.6 is 0 Å². The Morgan fingerprint density at radius 1 is 1.35 bits per heavy atom. The molecule has 1 aliphatic rings. The fourth-order valence-corrected chi connectivity index (χ4v) is 2.38. The van der Waals surface area contributed by atoms with Crippen LogP contribution in [0.4, 0.5) is 0 Å². The summed E-state index contributed by atoms with van der Waals surface area (Å²) in [5, 5.41) is 6.19. The molecule has 4 nitrogen and oxygen atoms in total. The lowest BCUT2D eigenvalue weighted by Crippen LogP contribution is -2.42. The zero-order chi connectivity index (χ0) is 12.7. The van der Waals surface area contributed by atoms with Crippen LogP contribution in [0.25, 0.3) is 0 Å². The van der Waals surface area contributed by atoms with Crippen LogP contribution in [0.1, 0.15) is 39.0 Å². The molecule has 1 aliphatic carbocycles. The van der Waals surface area contributed by atoms with E-state index in [1.165, 1.54) is 19.3 Å². The van der Waals surface area contributed by atoms with Crippen LogP contribution in [0.2, 0.25) is 0 Å². The van der Waals surface area contributed by atoms with Crippen LogP contribution in [-0.4, -0.2) is 40.8 Å². The number of amides is 1. The Morgan fingerprint density at radius 3 is 2.59 bits per heavy atom. The van der Waals surface area contributed by atoms with Crippen molar-refractivity contribution in [1.29, 1.82) is 0 Å². The number of carbonyl (C=O) groups is 1. The Balaban J connectivity index is 2.10. The first-order valence-electron chi connectivity index (χ1n) is 6.42. The fraction of sp³-hybridized carbons (Fsp3) is 0.917. The molecule has 0 saturated heterocycles. The third-order valence-corrected chi connectivity index (χ3v) is 4.55. The molecule has 17 heavy (non-hydrogen) atoms. The number of hydrogen-bond donors (Lipinski definition) is 2. The summed E-state index contributed by atoms with van der Waals surface area (Å²) in [5.74, 6) is 0.0611. The van der Waals surface area contributed by atoms with Gasteiger partial charge in [0.05, 0.1) is 6.54 Å². The van der Waals surface area contributed by atoms with E-state index in [0.717, 1.165) is 12.8 Å². The van der Waals surface area contributed by atoms with Gasteiger partial charge in [-0.2, -0.15) is 0 Å². The Hall–Kier alpha value is -0.420. The van der Waals surface area contributed by atoms with E-state index in [9.17, 15) is 9.00 Å². The van der Waals surface area contributed by atoms with Crippen molar-refractivity contribution in [2.75, 3.05) is 19.3 Å². The molecule has 0 radical (unpaired) electrons. The highest BCUT2D eigenvalue weighted by Gasteiger charge is 2.15. The maximum Gasteiger partial charge on any atom is 0.234 e. The van der Waals surface area contributed by atoms with Gasteiger partial charge in [-0.15, -0.1) is 0 Å². The van der Waals surface area contributed by atoms with Crippen LogP contribution in [0, 0.1) is 0 Å². The van der Waals surface area contributed by atoms with Crippen molar-refractivity contribution in [2.45, 2.75) is 50.3 Å². The van der Waals surface area contributed by atoms with Gasteiger partial charge in [0.1, 0.15) is 0 Å². The summed E-state index contributed by atoms with van der Waals surface area (Å²) in [6.07, 6.45) is 7.66. The van der Waals surface area contributed by atoms with Gasteiger partial charge >= 0.3 is 0 Å². The minimum Gasteiger partial charge on any atom is -0.352 e. The summed E-state index contributed by atoms with van der Waals surface area (Å²) in [4.78, 5) is 11.6. The lowest BCUT2D eigenvalue weighted by atomic mass is 9.95. The zero-order valence-electron chi connectivity index (χ0n) is 10.8. The van der Waals surface area contributed by atoms with Gasteiger partial charge in [0.2, 0.25) is 5.91 Å². The second-order valence-corrected chi connectivity index (χ2v) is 6.64. The molecule has 1 amide bonds. The summed E-state index contributed by atoms with van der Waals surface area (Å²) in [6, 6.07) is 0.371. The quantitative estimate of drug-likeness (QED) is 0.742. The highest BCUT2D eigenvalue weighted by Crippen LogP contribution is 2.16. The topological polar surface area (TPSA) is 58.2 Å². The van der Waals surface area contributed by atoms with Crippen molar-refractivity contribution in [3.05, 3.63) is 0 Å². The SMILES string of the molecule is CC(CNCC(=O)NC1CCCCC1)S(C)=O. The molecule has 2 atom stereocenters. The summed E-state index contributed by atoms with van der Waals surface area (Å²) in [5.41, 5.74) is 0. The van der Waals surface area contributed by atoms with Gasteiger partial charge in [0.25, 0.3) is 0 Å². The molecule has 0 spiro atoms. The Labute approximate surface area is 106 Å². The average molecular weight is 260 g/mol. The van der Waals surface area contributed by atoms with Gasteiger partial charge in [-0.3, -0.25) is 9.00 Å². The molecule has 0 aromatic heterocycles. The van der Waals surface area contributed by atoms with Crippen LogP contribution in [-0.2, 0) is 15.6 Å². The molecule has 2 N–H and O–H groups in total. The number of rotatable bonds is 6. The second kappa shape index (κ2) is 7.82. The minimum atomic E-state index is -0.825. The summed E-state index contributed by atoms with van der Waals surface area (Å²) in [6.45, 7) is 2.88. The molecule has 0 heterocycles. The largest absolute Gasteiger partial charge is 0.352 e. The van der Waals surface area contributed by atoms with E-state index < -0.39 is 10.8 Å². The van der Waals surface area contributed by atoms with E-state index in [1.807, 2.05) is 6.92 Å². The molecule has 0 aromatic carbocycles. The third-order valence-electron chi connectivity index (χ3n) is 3.25. The molecule has 100 valence electrons. The molecular formula is C12H24N2O2S. The van der Waals surface area contributed by atoms with E-state index in [1.54, 1.807) is 6.26 Å². The van der Waals surface area contributed by atoms with Crippen molar-refractivity contribution in [3.8, 4) is 0 Å². The van der Waals surface area contributed by atoms with Crippen molar-refractivity contribution in [1.82, 2.24) is 10.6 Å². The van der Waals surface area contributed by atoms with E-state index >= 15 is 0 Å². The maximum atomic E-state index is 11.6. The molecule has 2 unspecified atom stereocenters. The molecule has 5 heteroatoms. The zero-order valence-corrected chi connectivity index (χ0v) is 11.6. The number of carbonyl (C=O) groups excluding carboxylic acids is 1. The normalized spacial score (nSPS) is 20.8. The minimum absolute atomic E-state index is 0.0611. The predicted octanol–water partition coefficient (Wildman–Crippen LogP) is 0.792. The van der Waals surface area contributed by atoms with Crippen molar-refractivity contribution >= 4 is 16.7 Å². The lowest BCUT2D eigenvalue weighted by Gasteiger charge is -2.22. The number of hydrogen-bond acceptors (Lipinski definition) is 3. The van der Waals surface area contributed by atoms with Gasteiger partial charge < -0.3 is 10.6 Å². The second-order valence-electron chi connectivity index (χ2n) is 4.84. The van der Waals surface area contributed by atoms with Crippen molar-refractivity contribution in [2.24, 2.45) is 0 Å². The van der Waals surface area contributed by atoms with E-state index in [4.69, 9.17) is 0 Å². The van der Waals surface area contributed by atoms with E-state index in [0.29, 0.717) is 19.1 Å². The molecule has 1 fully saturated rings. The van der Waals surface area contributed by atoms with Crippen molar-refractivity contribution < 1.29 is 9.00 Å². The summed E-state index contributed by atoms with van der Waals surface area (Å²) < 4.78 is 11.1. The summed E-state index contributed by atoms with van der Waals surface area (Å²) >= 11 is 0. The van der Waals surface area contributed by atoms with Gasteiger partial charge in [-0.1, -0.05) is 19.3 Å². The average Bonchev–Trinajstić information content (AvgIpc) is 2.30. The number of nitrogens with one attached hydrogen (secondary N) is 2. The molecule has 1 saturated carbocycles. The molecule has 0 aromatic rings. The first-order chi connectivity index (χ1) is 8.09. The van der Waals surface area contributed by atoms with Gasteiger partial charge in [0.15, 0.2) is 0 Å². The standard InChI is InChI=1S/C12H24N2O2S/c1-10(17(2)16)8-13-9-12(15)14-11-6-4-3-5-7-11/h10-11,13H,3-9H2,1-2H3,(H,14,15). The molecule has 1 rings (SSSR count). The lowest BCUT2D eigenvalue weighted by molar-refractivity contribution is -0.121. The Kier molecular flexibility index (Phi) is 6.73. The van der Waals surface area contributed by atoms with E-state index in [2.05, 4.69) is 10.6 Å². The predicted molar refractivity (Wildman–Crippen MR) is 71.4 cm³/mol. The van der Waals surface area contributed by atoms with Crippen LogP contribution in [0.3, 0.4) is 0 Å². The third kappa shape index (κ3) is 6.17.